The summed E-state index contributed by atoms with van der Waals surface area (Å²) in [6, 6.07) is 16.6. The van der Waals surface area contributed by atoms with Gasteiger partial charge < -0.3 is 14.5 Å². The summed E-state index contributed by atoms with van der Waals surface area (Å²) in [5.74, 6) is 1.16. The lowest BCUT2D eigenvalue weighted by atomic mass is 10.1. The maximum absolute atomic E-state index is 12.4. The van der Waals surface area contributed by atoms with Gasteiger partial charge in [-0.3, -0.25) is 4.79 Å². The normalized spacial score (nSPS) is 11.6. The predicted octanol–water partition coefficient (Wildman–Crippen LogP) is 5.25. The van der Waals surface area contributed by atoms with Crippen LogP contribution in [0.25, 0.3) is 21.9 Å². The van der Waals surface area contributed by atoms with E-state index in [4.69, 9.17) is 4.98 Å². The van der Waals surface area contributed by atoms with Crippen molar-refractivity contribution in [2.45, 2.75) is 45.6 Å². The molecule has 0 aliphatic heterocycles. The minimum absolute atomic E-state index is 0.00218. The number of para-hydroxylation sites is 2. The molecule has 2 aromatic heterocycles. The van der Waals surface area contributed by atoms with Crippen molar-refractivity contribution in [3.8, 4) is 0 Å². The lowest BCUT2D eigenvalue weighted by molar-refractivity contribution is 0.0953. The number of carbonyl (C=O) groups is 1. The highest BCUT2D eigenvalue weighted by atomic mass is 16.1. The Bertz CT molecular complexity index is 1170. The van der Waals surface area contributed by atoms with Crippen LogP contribution in [-0.2, 0) is 13.5 Å². The number of hydrogen-bond acceptors (Lipinski definition) is 2. The minimum atomic E-state index is 0.00218. The molecule has 2 aromatic carbocycles. The first-order chi connectivity index (χ1) is 14.5. The first-order valence-corrected chi connectivity index (χ1v) is 10.8. The number of carbonyl (C=O) groups excluding carboxylic acids is 1. The fourth-order valence-corrected chi connectivity index (χ4v) is 4.16. The first kappa shape index (κ1) is 20.2. The number of aryl methyl sites for hydroxylation is 2. The molecule has 0 saturated carbocycles. The van der Waals surface area contributed by atoms with Gasteiger partial charge >= 0.3 is 0 Å². The largest absolute Gasteiger partial charge is 0.352 e. The number of nitrogens with zero attached hydrogens (tertiary/aromatic N) is 3. The van der Waals surface area contributed by atoms with Gasteiger partial charge in [-0.05, 0) is 63.1 Å². The lowest BCUT2D eigenvalue weighted by Gasteiger charge is -2.13. The van der Waals surface area contributed by atoms with Crippen LogP contribution in [0.15, 0.2) is 54.7 Å². The van der Waals surface area contributed by atoms with Gasteiger partial charge in [0.15, 0.2) is 0 Å². The van der Waals surface area contributed by atoms with Crippen molar-refractivity contribution in [3.63, 3.8) is 0 Å². The third kappa shape index (κ3) is 4.11. The molecule has 0 aliphatic carbocycles. The average molecular weight is 403 g/mol. The monoisotopic (exact) mass is 402 g/mol. The number of rotatable bonds is 8. The molecule has 4 rings (SSSR count). The van der Waals surface area contributed by atoms with Crippen molar-refractivity contribution in [2.75, 3.05) is 6.54 Å². The number of nitrogens with one attached hydrogen (secondary N) is 1. The maximum Gasteiger partial charge on any atom is 0.251 e. The van der Waals surface area contributed by atoms with Gasteiger partial charge in [-0.2, -0.15) is 0 Å². The van der Waals surface area contributed by atoms with Crippen molar-refractivity contribution >= 4 is 27.8 Å². The molecule has 1 N–H and O–H groups in total. The van der Waals surface area contributed by atoms with E-state index in [-0.39, 0.29) is 5.91 Å². The van der Waals surface area contributed by atoms with Crippen molar-refractivity contribution < 1.29 is 4.79 Å². The summed E-state index contributed by atoms with van der Waals surface area (Å²) in [5.41, 5.74) is 4.15. The molecular formula is C25H30N4O. The van der Waals surface area contributed by atoms with Gasteiger partial charge in [0, 0.05) is 48.7 Å². The van der Waals surface area contributed by atoms with Gasteiger partial charge in [-0.15, -0.1) is 0 Å². The quantitative estimate of drug-likeness (QED) is 0.409. The van der Waals surface area contributed by atoms with E-state index in [9.17, 15) is 4.79 Å². The number of unbranched alkanes of at least 4 members (excludes halogenated alkanes) is 2. The Labute approximate surface area is 177 Å². The maximum atomic E-state index is 12.4. The summed E-state index contributed by atoms with van der Waals surface area (Å²) in [6.07, 6.45) is 6.09. The van der Waals surface area contributed by atoms with E-state index in [1.165, 1.54) is 5.52 Å². The number of benzene rings is 2. The van der Waals surface area contributed by atoms with Gasteiger partial charge in [0.1, 0.15) is 5.82 Å². The second kappa shape index (κ2) is 8.74. The molecule has 30 heavy (non-hydrogen) atoms. The Balaban J connectivity index is 1.26. The molecule has 4 aromatic rings. The highest BCUT2D eigenvalue weighted by Gasteiger charge is 2.12. The van der Waals surface area contributed by atoms with E-state index in [0.717, 1.165) is 53.5 Å². The van der Waals surface area contributed by atoms with E-state index in [0.29, 0.717) is 12.6 Å². The van der Waals surface area contributed by atoms with Gasteiger partial charge in [-0.1, -0.05) is 18.6 Å². The number of imidazole rings is 1. The molecule has 1 amide bonds. The molecule has 156 valence electrons. The van der Waals surface area contributed by atoms with Crippen LogP contribution in [0.4, 0.5) is 0 Å². The predicted molar refractivity (Wildman–Crippen MR) is 123 cm³/mol. The summed E-state index contributed by atoms with van der Waals surface area (Å²) >= 11 is 0. The van der Waals surface area contributed by atoms with Crippen LogP contribution in [-0.4, -0.2) is 26.6 Å². The van der Waals surface area contributed by atoms with Gasteiger partial charge in [0.2, 0.25) is 0 Å². The average Bonchev–Trinajstić information content (AvgIpc) is 3.30. The Hall–Kier alpha value is -3.08. The van der Waals surface area contributed by atoms with Gasteiger partial charge in [0.05, 0.1) is 11.0 Å². The second-order valence-corrected chi connectivity index (χ2v) is 8.25. The first-order valence-electron chi connectivity index (χ1n) is 10.8. The molecule has 0 aliphatic rings. The Morgan fingerprint density at radius 3 is 2.70 bits per heavy atom. The topological polar surface area (TPSA) is 51.9 Å². The van der Waals surface area contributed by atoms with E-state index >= 15 is 0 Å². The van der Waals surface area contributed by atoms with Crippen molar-refractivity contribution in [1.82, 2.24) is 19.4 Å². The second-order valence-electron chi connectivity index (χ2n) is 8.25. The summed E-state index contributed by atoms with van der Waals surface area (Å²) in [5, 5.41) is 4.15. The number of fused-ring (bicyclic) bond motifs is 2. The summed E-state index contributed by atoms with van der Waals surface area (Å²) in [4.78, 5) is 17.3. The molecule has 5 heteroatoms. The summed E-state index contributed by atoms with van der Waals surface area (Å²) in [7, 11) is 2.01. The lowest BCUT2D eigenvalue weighted by Crippen LogP contribution is -2.24. The highest BCUT2D eigenvalue weighted by molar-refractivity contribution is 5.98. The third-order valence-electron chi connectivity index (χ3n) is 5.70. The highest BCUT2D eigenvalue weighted by Crippen LogP contribution is 2.22. The standard InChI is InChI=1S/C25H30N4O/c1-18(2)29-23-10-7-6-9-21(23)27-24(29)11-5-4-8-15-26-25(30)20-12-13-22-19(17-20)14-16-28(22)3/h6-7,9-10,12-14,16-18H,4-5,8,11,15H2,1-3H3,(H,26,30). The number of aromatic nitrogens is 3. The fourth-order valence-electron chi connectivity index (χ4n) is 4.16. The van der Waals surface area contributed by atoms with Gasteiger partial charge in [-0.25, -0.2) is 4.98 Å². The number of amides is 1. The molecule has 0 unspecified atom stereocenters. The Morgan fingerprint density at radius 2 is 1.87 bits per heavy atom. The van der Waals surface area contributed by atoms with Crippen molar-refractivity contribution in [1.29, 1.82) is 0 Å². The van der Waals surface area contributed by atoms with Crippen LogP contribution in [0.1, 0.15) is 55.3 Å². The molecule has 0 saturated heterocycles. The van der Waals surface area contributed by atoms with Crippen LogP contribution >= 0.6 is 0 Å². The molecule has 0 fully saturated rings. The summed E-state index contributed by atoms with van der Waals surface area (Å²) in [6.45, 7) is 5.12. The zero-order valence-corrected chi connectivity index (χ0v) is 18.1. The summed E-state index contributed by atoms with van der Waals surface area (Å²) < 4.78 is 4.40. The smallest absolute Gasteiger partial charge is 0.251 e. The van der Waals surface area contributed by atoms with Crippen LogP contribution < -0.4 is 5.32 Å². The minimum Gasteiger partial charge on any atom is -0.352 e. The van der Waals surface area contributed by atoms with E-state index in [1.54, 1.807) is 0 Å². The van der Waals surface area contributed by atoms with E-state index in [2.05, 4.69) is 46.5 Å². The SMILES string of the molecule is CC(C)n1c(CCCCCNC(=O)c2ccc3c(ccn3C)c2)nc2ccccc21. The zero-order chi connectivity index (χ0) is 21.1. The van der Waals surface area contributed by atoms with Crippen LogP contribution in [0, 0.1) is 0 Å². The third-order valence-corrected chi connectivity index (χ3v) is 5.70. The number of hydrogen-bond donors (Lipinski definition) is 1. The molecule has 0 bridgehead atoms. The van der Waals surface area contributed by atoms with Crippen molar-refractivity contribution in [3.05, 3.63) is 66.1 Å². The fraction of sp³-hybridized carbons (Fsp3) is 0.360. The molecule has 2 heterocycles. The van der Waals surface area contributed by atoms with Gasteiger partial charge in [0.25, 0.3) is 5.91 Å². The molecule has 0 atom stereocenters. The van der Waals surface area contributed by atoms with E-state index < -0.39 is 0 Å². The van der Waals surface area contributed by atoms with E-state index in [1.807, 2.05) is 43.6 Å². The van der Waals surface area contributed by atoms with Crippen LogP contribution in [0.5, 0.6) is 0 Å². The molecule has 0 spiro atoms. The molecule has 0 radical (unpaired) electrons. The van der Waals surface area contributed by atoms with Crippen molar-refractivity contribution in [2.24, 2.45) is 7.05 Å². The molecular weight excluding hydrogens is 372 g/mol. The van der Waals surface area contributed by atoms with Crippen LogP contribution in [0.2, 0.25) is 0 Å². The Morgan fingerprint density at radius 1 is 1.03 bits per heavy atom. The van der Waals surface area contributed by atoms with Crippen LogP contribution in [0.3, 0.4) is 0 Å². The molecule has 5 nitrogen and oxygen atoms in total. The Kier molecular flexibility index (Phi) is 5.88. The zero-order valence-electron chi connectivity index (χ0n) is 18.1.